The van der Waals surface area contributed by atoms with Crippen LogP contribution in [0.4, 0.5) is 0 Å². The van der Waals surface area contributed by atoms with Gasteiger partial charge in [0.25, 0.3) is 0 Å². The topological polar surface area (TPSA) is 50.2 Å². The van der Waals surface area contributed by atoms with Crippen molar-refractivity contribution in [2.24, 2.45) is 0 Å². The first kappa shape index (κ1) is 16.7. The third-order valence-corrected chi connectivity index (χ3v) is 4.61. The van der Waals surface area contributed by atoms with E-state index in [1.54, 1.807) is 6.20 Å². The molecule has 0 saturated carbocycles. The molecule has 1 aromatic carbocycles. The number of nitrogens with zero attached hydrogens (tertiary/aromatic N) is 3. The van der Waals surface area contributed by atoms with Crippen LogP contribution in [0.25, 0.3) is 0 Å². The lowest BCUT2D eigenvalue weighted by Gasteiger charge is -2.23. The van der Waals surface area contributed by atoms with Crippen molar-refractivity contribution in [3.63, 3.8) is 0 Å². The van der Waals surface area contributed by atoms with Crippen LogP contribution < -0.4 is 5.32 Å². The lowest BCUT2D eigenvalue weighted by molar-refractivity contribution is -0.122. The summed E-state index contributed by atoms with van der Waals surface area (Å²) in [5.41, 5.74) is 1.32. The summed E-state index contributed by atoms with van der Waals surface area (Å²) in [4.78, 5) is 14.5. The number of hydrogen-bond donors (Lipinski definition) is 1. The predicted molar refractivity (Wildman–Crippen MR) is 94.6 cm³/mol. The van der Waals surface area contributed by atoms with Crippen molar-refractivity contribution in [2.75, 3.05) is 19.6 Å². The average molecular weight is 326 g/mol. The van der Waals surface area contributed by atoms with Crippen molar-refractivity contribution < 1.29 is 4.79 Å². The number of nitrogens with one attached hydrogen (secondary N) is 1. The number of likely N-dealkylation sites (tertiary alicyclic amines) is 1. The second-order valence-corrected chi connectivity index (χ2v) is 6.43. The maximum absolute atomic E-state index is 12.2. The Kier molecular flexibility index (Phi) is 6.01. The van der Waals surface area contributed by atoms with Crippen molar-refractivity contribution >= 4 is 5.91 Å². The van der Waals surface area contributed by atoms with Gasteiger partial charge in [-0.05, 0) is 43.9 Å². The third kappa shape index (κ3) is 4.93. The zero-order valence-corrected chi connectivity index (χ0v) is 14.1. The minimum atomic E-state index is 0.135. The molecular formula is C19H26N4O. The number of carbonyl (C=O) groups is 1. The smallest absolute Gasteiger partial charge is 0.234 e. The number of benzene rings is 1. The summed E-state index contributed by atoms with van der Waals surface area (Å²) in [6, 6.07) is 12.8. The van der Waals surface area contributed by atoms with Crippen LogP contribution in [0.3, 0.4) is 0 Å². The van der Waals surface area contributed by atoms with Crippen LogP contribution in [0.5, 0.6) is 0 Å². The monoisotopic (exact) mass is 326 g/mol. The molecule has 0 spiro atoms. The molecule has 24 heavy (non-hydrogen) atoms. The van der Waals surface area contributed by atoms with E-state index in [2.05, 4.69) is 39.6 Å². The van der Waals surface area contributed by atoms with Crippen molar-refractivity contribution in [3.05, 3.63) is 54.4 Å². The lowest BCUT2D eigenvalue weighted by atomic mass is 10.1. The van der Waals surface area contributed by atoms with Gasteiger partial charge in [-0.1, -0.05) is 30.3 Å². The van der Waals surface area contributed by atoms with Gasteiger partial charge >= 0.3 is 0 Å². The third-order valence-electron chi connectivity index (χ3n) is 4.61. The van der Waals surface area contributed by atoms with Crippen LogP contribution in [0.2, 0.25) is 0 Å². The first-order chi connectivity index (χ1) is 11.8. The molecular weight excluding hydrogens is 300 g/mol. The number of aryl methyl sites for hydroxylation is 1. The van der Waals surface area contributed by atoms with E-state index in [-0.39, 0.29) is 5.91 Å². The molecule has 5 nitrogen and oxygen atoms in total. The molecule has 1 amide bonds. The summed E-state index contributed by atoms with van der Waals surface area (Å²) in [6.07, 6.45) is 8.08. The van der Waals surface area contributed by atoms with Gasteiger partial charge in [0.15, 0.2) is 0 Å². The Morgan fingerprint density at radius 1 is 1.25 bits per heavy atom. The molecule has 2 aromatic rings. The van der Waals surface area contributed by atoms with Gasteiger partial charge in [0.2, 0.25) is 5.91 Å². The molecule has 0 unspecified atom stereocenters. The normalized spacial score (nSPS) is 17.9. The number of amides is 1. The number of hydrogen-bond acceptors (Lipinski definition) is 3. The van der Waals surface area contributed by atoms with E-state index in [0.29, 0.717) is 12.6 Å². The zero-order valence-electron chi connectivity index (χ0n) is 14.1. The van der Waals surface area contributed by atoms with Gasteiger partial charge in [-0.15, -0.1) is 0 Å². The van der Waals surface area contributed by atoms with Crippen molar-refractivity contribution in [3.8, 4) is 0 Å². The molecule has 2 heterocycles. The lowest BCUT2D eigenvalue weighted by Crippen LogP contribution is -2.41. The van der Waals surface area contributed by atoms with Crippen LogP contribution in [0.15, 0.2) is 48.8 Å². The van der Waals surface area contributed by atoms with Crippen LogP contribution in [0, 0.1) is 0 Å². The summed E-state index contributed by atoms with van der Waals surface area (Å²) < 4.78 is 1.96. The molecule has 128 valence electrons. The quantitative estimate of drug-likeness (QED) is 0.756. The molecule has 0 bridgehead atoms. The van der Waals surface area contributed by atoms with E-state index >= 15 is 0 Å². The van der Waals surface area contributed by atoms with Crippen molar-refractivity contribution in [1.82, 2.24) is 20.0 Å². The standard InChI is InChI=1S/C19H26N4O/c24-19(20-11-4-9-17-7-2-1-3-8-17)16-22-13-5-10-18(22)15-23-14-6-12-21-23/h1-3,6-8,12,14,18H,4-5,9-11,13,15-16H2,(H,20,24)/t18-/m0/s1. The highest BCUT2D eigenvalue weighted by Gasteiger charge is 2.26. The number of carbonyl (C=O) groups excluding carboxylic acids is 1. The van der Waals surface area contributed by atoms with E-state index in [1.807, 2.05) is 23.0 Å². The highest BCUT2D eigenvalue weighted by Crippen LogP contribution is 2.18. The minimum absolute atomic E-state index is 0.135. The number of aromatic nitrogens is 2. The molecule has 0 aliphatic carbocycles. The molecule has 1 atom stereocenters. The molecule has 1 N–H and O–H groups in total. The molecule has 5 heteroatoms. The van der Waals surface area contributed by atoms with E-state index in [1.165, 1.54) is 5.56 Å². The zero-order chi connectivity index (χ0) is 16.6. The Bertz CT molecular complexity index is 612. The van der Waals surface area contributed by atoms with Gasteiger partial charge in [-0.25, -0.2) is 0 Å². The predicted octanol–water partition coefficient (Wildman–Crippen LogP) is 2.10. The Labute approximate surface area is 143 Å². The molecule has 1 aliphatic heterocycles. The maximum Gasteiger partial charge on any atom is 0.234 e. The first-order valence-electron chi connectivity index (χ1n) is 8.83. The van der Waals surface area contributed by atoms with Crippen molar-refractivity contribution in [2.45, 2.75) is 38.3 Å². The Hall–Kier alpha value is -2.14. The van der Waals surface area contributed by atoms with E-state index in [9.17, 15) is 4.79 Å². The van der Waals surface area contributed by atoms with Crippen molar-refractivity contribution in [1.29, 1.82) is 0 Å². The van der Waals surface area contributed by atoms with E-state index in [0.717, 1.165) is 45.3 Å². The van der Waals surface area contributed by atoms with Gasteiger partial charge < -0.3 is 5.32 Å². The summed E-state index contributed by atoms with van der Waals surface area (Å²) in [5, 5.41) is 7.33. The highest BCUT2D eigenvalue weighted by molar-refractivity contribution is 5.78. The summed E-state index contributed by atoms with van der Waals surface area (Å²) in [7, 11) is 0. The van der Waals surface area contributed by atoms with Gasteiger partial charge in [0, 0.05) is 25.0 Å². The van der Waals surface area contributed by atoms with Gasteiger partial charge in [0.05, 0.1) is 13.1 Å². The fraction of sp³-hybridized carbons (Fsp3) is 0.474. The van der Waals surface area contributed by atoms with Crippen LogP contribution in [-0.4, -0.2) is 46.3 Å². The van der Waals surface area contributed by atoms with Gasteiger partial charge in [-0.2, -0.15) is 5.10 Å². The minimum Gasteiger partial charge on any atom is -0.355 e. The van der Waals surface area contributed by atoms with Crippen LogP contribution in [0.1, 0.15) is 24.8 Å². The number of rotatable bonds is 8. The fourth-order valence-electron chi connectivity index (χ4n) is 3.34. The fourth-order valence-corrected chi connectivity index (χ4v) is 3.34. The second kappa shape index (κ2) is 8.64. The second-order valence-electron chi connectivity index (χ2n) is 6.43. The summed E-state index contributed by atoms with van der Waals surface area (Å²) in [6.45, 7) is 3.11. The molecule has 1 fully saturated rings. The molecule has 1 aromatic heterocycles. The Morgan fingerprint density at radius 3 is 2.92 bits per heavy atom. The Morgan fingerprint density at radius 2 is 2.12 bits per heavy atom. The van der Waals surface area contributed by atoms with E-state index in [4.69, 9.17) is 0 Å². The average Bonchev–Trinajstić information content (AvgIpc) is 3.26. The molecule has 3 rings (SSSR count). The van der Waals surface area contributed by atoms with E-state index < -0.39 is 0 Å². The highest BCUT2D eigenvalue weighted by atomic mass is 16.2. The largest absolute Gasteiger partial charge is 0.355 e. The Balaban J connectivity index is 1.36. The summed E-state index contributed by atoms with van der Waals surface area (Å²) in [5.74, 6) is 0.135. The first-order valence-corrected chi connectivity index (χ1v) is 8.83. The molecule has 0 radical (unpaired) electrons. The SMILES string of the molecule is O=C(CN1CCC[C@H]1Cn1cccn1)NCCCc1ccccc1. The van der Waals surface area contributed by atoms with Crippen LogP contribution in [-0.2, 0) is 17.8 Å². The molecule has 1 saturated heterocycles. The van der Waals surface area contributed by atoms with Gasteiger partial charge in [0.1, 0.15) is 0 Å². The maximum atomic E-state index is 12.2. The summed E-state index contributed by atoms with van der Waals surface area (Å²) >= 11 is 0. The van der Waals surface area contributed by atoms with Crippen LogP contribution >= 0.6 is 0 Å². The molecule has 1 aliphatic rings. The van der Waals surface area contributed by atoms with Gasteiger partial charge in [-0.3, -0.25) is 14.4 Å².